The number of para-hydroxylation sites is 1. The minimum absolute atomic E-state index is 0.557. The summed E-state index contributed by atoms with van der Waals surface area (Å²) in [5, 5.41) is 22.3. The molecule has 5 nitrogen and oxygen atoms in total. The highest BCUT2D eigenvalue weighted by Gasteiger charge is 2.29. The van der Waals surface area contributed by atoms with Crippen molar-refractivity contribution < 1.29 is 5.11 Å². The largest absolute Gasteiger partial charge is 0.387 e. The Bertz CT molecular complexity index is 560. The first-order chi connectivity index (χ1) is 9.77. The molecule has 3 N–H and O–H groups in total. The summed E-state index contributed by atoms with van der Waals surface area (Å²) in [7, 11) is 0. The van der Waals surface area contributed by atoms with Crippen LogP contribution in [0.5, 0.6) is 0 Å². The molecule has 1 fully saturated rings. The number of aryl methyl sites for hydroxylation is 1. The van der Waals surface area contributed by atoms with Crippen LogP contribution in [0.3, 0.4) is 0 Å². The van der Waals surface area contributed by atoms with Crippen molar-refractivity contribution in [3.05, 3.63) is 30.5 Å². The fourth-order valence-electron chi connectivity index (χ4n) is 2.76. The fraction of sp³-hybridized carbons (Fsp3) is 0.533. The van der Waals surface area contributed by atoms with Gasteiger partial charge in [0.2, 0.25) is 0 Å². The molecule has 2 aromatic rings. The Morgan fingerprint density at radius 3 is 3.15 bits per heavy atom. The van der Waals surface area contributed by atoms with E-state index >= 15 is 0 Å². The summed E-state index contributed by atoms with van der Waals surface area (Å²) in [6.45, 7) is 4.08. The van der Waals surface area contributed by atoms with Crippen molar-refractivity contribution in [2.75, 3.05) is 26.2 Å². The van der Waals surface area contributed by atoms with E-state index in [1.54, 1.807) is 0 Å². The minimum Gasteiger partial charge on any atom is -0.387 e. The SMILES string of the molecule is OC1(CNCCCn2ncc3ccccc32)CCNC1. The van der Waals surface area contributed by atoms with Gasteiger partial charge < -0.3 is 15.7 Å². The van der Waals surface area contributed by atoms with Crippen LogP contribution in [0.2, 0.25) is 0 Å². The molecule has 1 aromatic carbocycles. The molecule has 0 bridgehead atoms. The molecule has 1 atom stereocenters. The number of fused-ring (bicyclic) bond motifs is 1. The van der Waals surface area contributed by atoms with Gasteiger partial charge in [0.1, 0.15) is 0 Å². The van der Waals surface area contributed by atoms with Crippen molar-refractivity contribution >= 4 is 10.9 Å². The Morgan fingerprint density at radius 1 is 1.40 bits per heavy atom. The van der Waals surface area contributed by atoms with E-state index in [0.29, 0.717) is 13.1 Å². The predicted octanol–water partition coefficient (Wildman–Crippen LogP) is 0.740. The highest BCUT2D eigenvalue weighted by Crippen LogP contribution is 2.13. The van der Waals surface area contributed by atoms with Gasteiger partial charge in [-0.25, -0.2) is 0 Å². The summed E-state index contributed by atoms with van der Waals surface area (Å²) in [5.41, 5.74) is 0.629. The van der Waals surface area contributed by atoms with E-state index < -0.39 is 5.60 Å². The Kier molecular flexibility index (Phi) is 4.00. The first-order valence-electron chi connectivity index (χ1n) is 7.31. The summed E-state index contributed by atoms with van der Waals surface area (Å²) in [6.07, 6.45) is 3.76. The average Bonchev–Trinajstić information content (AvgIpc) is 3.06. The van der Waals surface area contributed by atoms with Crippen molar-refractivity contribution in [3.63, 3.8) is 0 Å². The summed E-state index contributed by atoms with van der Waals surface area (Å²) in [6, 6.07) is 8.26. The van der Waals surface area contributed by atoms with E-state index in [-0.39, 0.29) is 0 Å². The number of aliphatic hydroxyl groups is 1. The number of nitrogens with one attached hydrogen (secondary N) is 2. The Morgan fingerprint density at radius 2 is 2.30 bits per heavy atom. The second kappa shape index (κ2) is 5.91. The summed E-state index contributed by atoms with van der Waals surface area (Å²) in [4.78, 5) is 0. The van der Waals surface area contributed by atoms with Gasteiger partial charge in [0.15, 0.2) is 0 Å². The van der Waals surface area contributed by atoms with Gasteiger partial charge in [0, 0.05) is 25.0 Å². The van der Waals surface area contributed by atoms with Crippen molar-refractivity contribution in [2.24, 2.45) is 0 Å². The summed E-state index contributed by atoms with van der Waals surface area (Å²) >= 11 is 0. The van der Waals surface area contributed by atoms with Crippen LogP contribution in [0.25, 0.3) is 10.9 Å². The lowest BCUT2D eigenvalue weighted by Crippen LogP contribution is -2.42. The number of rotatable bonds is 6. The molecule has 0 amide bonds. The lowest BCUT2D eigenvalue weighted by Gasteiger charge is -2.21. The van der Waals surface area contributed by atoms with E-state index in [0.717, 1.165) is 32.5 Å². The standard InChI is InChI=1S/C15H22N4O/c20-15(6-8-17-12-15)11-16-7-3-9-19-14-5-2-1-4-13(14)10-18-19/h1-2,4-5,10,16-17,20H,3,6-9,11-12H2. The number of aromatic nitrogens is 2. The summed E-state index contributed by atoms with van der Waals surface area (Å²) in [5.74, 6) is 0. The third-order valence-electron chi connectivity index (χ3n) is 3.95. The second-order valence-corrected chi connectivity index (χ2v) is 5.61. The van der Waals surface area contributed by atoms with Gasteiger partial charge in [-0.1, -0.05) is 18.2 Å². The van der Waals surface area contributed by atoms with E-state index in [2.05, 4.69) is 27.9 Å². The third-order valence-corrected chi connectivity index (χ3v) is 3.95. The second-order valence-electron chi connectivity index (χ2n) is 5.61. The molecule has 2 heterocycles. The molecular weight excluding hydrogens is 252 g/mol. The lowest BCUT2D eigenvalue weighted by atomic mass is 10.0. The molecule has 3 rings (SSSR count). The fourth-order valence-corrected chi connectivity index (χ4v) is 2.76. The smallest absolute Gasteiger partial charge is 0.0907 e. The first kappa shape index (κ1) is 13.5. The van der Waals surface area contributed by atoms with Crippen LogP contribution in [-0.4, -0.2) is 46.7 Å². The van der Waals surface area contributed by atoms with E-state index in [4.69, 9.17) is 0 Å². The maximum atomic E-state index is 10.2. The van der Waals surface area contributed by atoms with E-state index in [1.807, 2.05) is 23.0 Å². The van der Waals surface area contributed by atoms with Crippen LogP contribution in [0, 0.1) is 0 Å². The Balaban J connectivity index is 1.44. The maximum Gasteiger partial charge on any atom is 0.0907 e. The van der Waals surface area contributed by atoms with Crippen LogP contribution in [0.4, 0.5) is 0 Å². The topological polar surface area (TPSA) is 62.1 Å². The van der Waals surface area contributed by atoms with Crippen LogP contribution in [0.15, 0.2) is 30.5 Å². The van der Waals surface area contributed by atoms with Crippen molar-refractivity contribution in [1.82, 2.24) is 20.4 Å². The van der Waals surface area contributed by atoms with Gasteiger partial charge in [-0.05, 0) is 32.0 Å². The van der Waals surface area contributed by atoms with Gasteiger partial charge in [0.25, 0.3) is 0 Å². The molecule has 20 heavy (non-hydrogen) atoms. The Labute approximate surface area is 119 Å². The molecule has 0 spiro atoms. The van der Waals surface area contributed by atoms with Crippen LogP contribution < -0.4 is 10.6 Å². The quantitative estimate of drug-likeness (QED) is 0.680. The van der Waals surface area contributed by atoms with Crippen LogP contribution in [-0.2, 0) is 6.54 Å². The van der Waals surface area contributed by atoms with Crippen LogP contribution >= 0.6 is 0 Å². The molecule has 0 radical (unpaired) electrons. The van der Waals surface area contributed by atoms with Gasteiger partial charge in [-0.15, -0.1) is 0 Å². The number of hydrogen-bond acceptors (Lipinski definition) is 4. The maximum absolute atomic E-state index is 10.2. The molecular formula is C15H22N4O. The van der Waals surface area contributed by atoms with Crippen molar-refractivity contribution in [1.29, 1.82) is 0 Å². The highest BCUT2D eigenvalue weighted by atomic mass is 16.3. The van der Waals surface area contributed by atoms with Gasteiger partial charge in [-0.3, -0.25) is 4.68 Å². The lowest BCUT2D eigenvalue weighted by molar-refractivity contribution is 0.0612. The molecule has 1 aromatic heterocycles. The van der Waals surface area contributed by atoms with E-state index in [1.165, 1.54) is 10.9 Å². The average molecular weight is 274 g/mol. The van der Waals surface area contributed by atoms with Gasteiger partial charge in [0.05, 0.1) is 17.3 Å². The van der Waals surface area contributed by atoms with Gasteiger partial charge >= 0.3 is 0 Å². The molecule has 1 unspecified atom stereocenters. The van der Waals surface area contributed by atoms with Crippen molar-refractivity contribution in [3.8, 4) is 0 Å². The molecule has 5 heteroatoms. The zero-order chi connectivity index (χ0) is 13.8. The van der Waals surface area contributed by atoms with Crippen molar-refractivity contribution in [2.45, 2.75) is 25.0 Å². The van der Waals surface area contributed by atoms with Crippen LogP contribution in [0.1, 0.15) is 12.8 Å². The minimum atomic E-state index is -0.557. The monoisotopic (exact) mass is 274 g/mol. The normalized spacial score (nSPS) is 22.6. The van der Waals surface area contributed by atoms with E-state index in [9.17, 15) is 5.11 Å². The van der Waals surface area contributed by atoms with Gasteiger partial charge in [-0.2, -0.15) is 5.10 Å². The predicted molar refractivity (Wildman–Crippen MR) is 79.7 cm³/mol. The molecule has 1 aliphatic heterocycles. The molecule has 1 saturated heterocycles. The summed E-state index contributed by atoms with van der Waals surface area (Å²) < 4.78 is 2.04. The Hall–Kier alpha value is -1.43. The molecule has 0 saturated carbocycles. The molecule has 108 valence electrons. The molecule has 0 aliphatic carbocycles. The number of β-amino-alcohol motifs (C(OH)–C–C–N with tert-alkyl or cyclic N) is 1. The zero-order valence-corrected chi connectivity index (χ0v) is 11.7. The highest BCUT2D eigenvalue weighted by molar-refractivity contribution is 5.78. The first-order valence-corrected chi connectivity index (χ1v) is 7.31. The third kappa shape index (κ3) is 3.00. The number of benzene rings is 1. The number of nitrogens with zero attached hydrogens (tertiary/aromatic N) is 2. The zero-order valence-electron chi connectivity index (χ0n) is 11.7. The number of hydrogen-bond donors (Lipinski definition) is 3. The molecule has 1 aliphatic rings.